The Morgan fingerprint density at radius 2 is 2.10 bits per heavy atom. The molecule has 2 aromatic heterocycles. The van der Waals surface area contributed by atoms with Crippen molar-refractivity contribution >= 4 is 34.0 Å². The molecule has 3 rings (SSSR count). The molecule has 2 heterocycles. The number of rotatable bonds is 5. The van der Waals surface area contributed by atoms with Crippen LogP contribution in [0, 0.1) is 6.92 Å². The highest BCUT2D eigenvalue weighted by molar-refractivity contribution is 8.01. The third-order valence-corrected chi connectivity index (χ3v) is 4.96. The molecule has 4 nitrogen and oxygen atoms in total. The van der Waals surface area contributed by atoms with Crippen molar-refractivity contribution in [2.24, 2.45) is 0 Å². The summed E-state index contributed by atoms with van der Waals surface area (Å²) in [6.07, 6.45) is 0. The Morgan fingerprint density at radius 1 is 1.24 bits per heavy atom. The average molecular weight is 316 g/mol. The molecule has 0 radical (unpaired) electrons. The monoisotopic (exact) mass is 316 g/mol. The number of aryl methyl sites for hydroxylation is 1. The summed E-state index contributed by atoms with van der Waals surface area (Å²) in [5, 5.41) is 14.8. The van der Waals surface area contributed by atoms with Crippen molar-refractivity contribution < 1.29 is 0 Å². The molecule has 6 heteroatoms. The minimum absolute atomic E-state index is 0.814. The van der Waals surface area contributed by atoms with Gasteiger partial charge in [0.15, 0.2) is 4.34 Å². The molecule has 0 amide bonds. The SMILES string of the molecule is CCNCc1cc2ccccc2nc1Sc1nnc(C)s1. The zero-order valence-electron chi connectivity index (χ0n) is 12.0. The average Bonchev–Trinajstić information content (AvgIpc) is 2.90. The lowest BCUT2D eigenvalue weighted by Gasteiger charge is -2.09. The van der Waals surface area contributed by atoms with E-state index in [0.29, 0.717) is 0 Å². The van der Waals surface area contributed by atoms with Gasteiger partial charge in [-0.15, -0.1) is 10.2 Å². The fraction of sp³-hybridized carbons (Fsp3) is 0.267. The molecule has 0 unspecified atom stereocenters. The molecule has 0 aliphatic carbocycles. The first-order valence-corrected chi connectivity index (χ1v) is 8.47. The fourth-order valence-electron chi connectivity index (χ4n) is 2.02. The van der Waals surface area contributed by atoms with Gasteiger partial charge in [0.2, 0.25) is 0 Å². The Morgan fingerprint density at radius 3 is 2.86 bits per heavy atom. The quantitative estimate of drug-likeness (QED) is 0.778. The Hall–Kier alpha value is -1.50. The van der Waals surface area contributed by atoms with Crippen LogP contribution in [-0.2, 0) is 6.54 Å². The molecule has 0 saturated carbocycles. The van der Waals surface area contributed by atoms with Crippen molar-refractivity contribution in [2.75, 3.05) is 6.54 Å². The van der Waals surface area contributed by atoms with Crippen molar-refractivity contribution in [2.45, 2.75) is 29.8 Å². The van der Waals surface area contributed by atoms with Gasteiger partial charge in [-0.1, -0.05) is 36.5 Å². The van der Waals surface area contributed by atoms with Crippen LogP contribution in [0.15, 0.2) is 39.7 Å². The third kappa shape index (κ3) is 3.40. The summed E-state index contributed by atoms with van der Waals surface area (Å²) < 4.78 is 0.938. The number of nitrogens with one attached hydrogen (secondary N) is 1. The highest BCUT2D eigenvalue weighted by atomic mass is 32.2. The number of aromatic nitrogens is 3. The number of pyridine rings is 1. The van der Waals surface area contributed by atoms with Gasteiger partial charge in [-0.2, -0.15) is 0 Å². The minimum atomic E-state index is 0.814. The molecule has 0 atom stereocenters. The second-order valence-corrected chi connectivity index (χ2v) is 7.03. The molecule has 3 aromatic rings. The molecule has 0 saturated heterocycles. The fourth-order valence-corrected chi connectivity index (χ4v) is 3.85. The summed E-state index contributed by atoms with van der Waals surface area (Å²) in [5.74, 6) is 0. The van der Waals surface area contributed by atoms with Crippen LogP contribution < -0.4 is 5.32 Å². The van der Waals surface area contributed by atoms with Crippen LogP contribution in [0.5, 0.6) is 0 Å². The minimum Gasteiger partial charge on any atom is -0.313 e. The van der Waals surface area contributed by atoms with E-state index in [2.05, 4.69) is 34.6 Å². The number of fused-ring (bicyclic) bond motifs is 1. The van der Waals surface area contributed by atoms with Crippen LogP contribution in [0.2, 0.25) is 0 Å². The Kier molecular flexibility index (Phi) is 4.48. The summed E-state index contributed by atoms with van der Waals surface area (Å²) in [6.45, 7) is 5.83. The van der Waals surface area contributed by atoms with E-state index in [9.17, 15) is 0 Å². The summed E-state index contributed by atoms with van der Waals surface area (Å²) in [4.78, 5) is 4.79. The van der Waals surface area contributed by atoms with Crippen molar-refractivity contribution in [3.8, 4) is 0 Å². The maximum Gasteiger partial charge on any atom is 0.180 e. The van der Waals surface area contributed by atoms with Gasteiger partial charge in [0, 0.05) is 11.9 Å². The van der Waals surface area contributed by atoms with Crippen LogP contribution in [-0.4, -0.2) is 21.7 Å². The van der Waals surface area contributed by atoms with Crippen LogP contribution in [0.4, 0.5) is 0 Å². The largest absolute Gasteiger partial charge is 0.313 e. The molecule has 21 heavy (non-hydrogen) atoms. The number of benzene rings is 1. The lowest BCUT2D eigenvalue weighted by molar-refractivity contribution is 0.713. The number of hydrogen-bond donors (Lipinski definition) is 1. The summed E-state index contributed by atoms with van der Waals surface area (Å²) in [7, 11) is 0. The third-order valence-electron chi connectivity index (χ3n) is 3.02. The maximum absolute atomic E-state index is 4.79. The van der Waals surface area contributed by atoms with E-state index in [1.54, 1.807) is 23.1 Å². The van der Waals surface area contributed by atoms with Crippen molar-refractivity contribution in [1.29, 1.82) is 0 Å². The van der Waals surface area contributed by atoms with E-state index in [-0.39, 0.29) is 0 Å². The molecule has 108 valence electrons. The van der Waals surface area contributed by atoms with Crippen LogP contribution in [0.1, 0.15) is 17.5 Å². The summed E-state index contributed by atoms with van der Waals surface area (Å²) in [5.41, 5.74) is 2.22. The predicted molar refractivity (Wildman–Crippen MR) is 87.9 cm³/mol. The molecule has 0 fully saturated rings. The molecule has 0 aliphatic rings. The highest BCUT2D eigenvalue weighted by Crippen LogP contribution is 2.32. The topological polar surface area (TPSA) is 50.7 Å². The highest BCUT2D eigenvalue weighted by Gasteiger charge is 2.11. The Labute approximate surface area is 132 Å². The zero-order chi connectivity index (χ0) is 14.7. The van der Waals surface area contributed by atoms with Crippen LogP contribution in [0.25, 0.3) is 10.9 Å². The van der Waals surface area contributed by atoms with E-state index in [4.69, 9.17) is 4.98 Å². The molecule has 1 N–H and O–H groups in total. The van der Waals surface area contributed by atoms with Gasteiger partial charge >= 0.3 is 0 Å². The van der Waals surface area contributed by atoms with Gasteiger partial charge in [0.25, 0.3) is 0 Å². The number of nitrogens with zero attached hydrogens (tertiary/aromatic N) is 3. The predicted octanol–water partition coefficient (Wildman–Crippen LogP) is 3.66. The first-order valence-electron chi connectivity index (χ1n) is 6.83. The van der Waals surface area contributed by atoms with Gasteiger partial charge in [-0.05, 0) is 42.9 Å². The lowest BCUT2D eigenvalue weighted by atomic mass is 10.1. The first-order chi connectivity index (χ1) is 10.3. The van der Waals surface area contributed by atoms with Gasteiger partial charge in [0.05, 0.1) is 5.52 Å². The Balaban J connectivity index is 2.00. The smallest absolute Gasteiger partial charge is 0.180 e. The molecule has 0 aliphatic heterocycles. The molecular weight excluding hydrogens is 300 g/mol. The van der Waals surface area contributed by atoms with E-state index in [1.165, 1.54) is 10.9 Å². The molecule has 1 aromatic carbocycles. The standard InChI is InChI=1S/C15H16N4S2/c1-3-16-9-12-8-11-6-4-5-7-13(11)17-14(12)21-15-19-18-10(2)20-15/h4-8,16H,3,9H2,1-2H3. The van der Waals surface area contributed by atoms with E-state index < -0.39 is 0 Å². The second kappa shape index (κ2) is 6.51. The van der Waals surface area contributed by atoms with Crippen molar-refractivity contribution in [1.82, 2.24) is 20.5 Å². The van der Waals surface area contributed by atoms with Gasteiger partial charge in [0.1, 0.15) is 10.0 Å². The normalized spacial score (nSPS) is 11.1. The maximum atomic E-state index is 4.79. The van der Waals surface area contributed by atoms with E-state index in [1.807, 2.05) is 25.1 Å². The Bertz CT molecular complexity index is 754. The van der Waals surface area contributed by atoms with Crippen molar-refractivity contribution in [3.63, 3.8) is 0 Å². The van der Waals surface area contributed by atoms with E-state index in [0.717, 1.165) is 33.0 Å². The number of para-hydroxylation sites is 1. The molecule has 0 spiro atoms. The van der Waals surface area contributed by atoms with Gasteiger partial charge in [-0.25, -0.2) is 4.98 Å². The molecular formula is C15H16N4S2. The second-order valence-electron chi connectivity index (χ2n) is 4.61. The van der Waals surface area contributed by atoms with Crippen LogP contribution in [0.3, 0.4) is 0 Å². The zero-order valence-corrected chi connectivity index (χ0v) is 13.6. The lowest BCUT2D eigenvalue weighted by Crippen LogP contribution is -2.13. The van der Waals surface area contributed by atoms with Gasteiger partial charge < -0.3 is 5.32 Å². The van der Waals surface area contributed by atoms with Gasteiger partial charge in [-0.3, -0.25) is 0 Å². The number of hydrogen-bond acceptors (Lipinski definition) is 6. The first kappa shape index (κ1) is 14.4. The summed E-state index contributed by atoms with van der Waals surface area (Å²) in [6, 6.07) is 10.4. The molecule has 0 bridgehead atoms. The van der Waals surface area contributed by atoms with E-state index >= 15 is 0 Å². The van der Waals surface area contributed by atoms with Crippen molar-refractivity contribution in [3.05, 3.63) is 40.9 Å². The van der Waals surface area contributed by atoms with Crippen LogP contribution >= 0.6 is 23.1 Å². The summed E-state index contributed by atoms with van der Waals surface area (Å²) >= 11 is 3.19.